The van der Waals surface area contributed by atoms with Crippen molar-refractivity contribution in [3.63, 3.8) is 0 Å². The second kappa shape index (κ2) is 5.47. The molecule has 1 aromatic rings. The fourth-order valence-electron chi connectivity index (χ4n) is 1.13. The van der Waals surface area contributed by atoms with E-state index in [9.17, 15) is 4.79 Å². The lowest BCUT2D eigenvalue weighted by atomic mass is 10.1. The van der Waals surface area contributed by atoms with Crippen LogP contribution in [0.1, 0.15) is 15.9 Å². The number of hydrogen-bond acceptors (Lipinski definition) is 3. The molecule has 0 saturated heterocycles. The van der Waals surface area contributed by atoms with Gasteiger partial charge in [0.05, 0.1) is 27.1 Å². The highest BCUT2D eigenvalue weighted by atomic mass is 127. The van der Waals surface area contributed by atoms with Crippen molar-refractivity contribution in [1.29, 1.82) is 5.26 Å². The molecule has 3 nitrogen and oxygen atoms in total. The Morgan fingerprint density at radius 1 is 1.67 bits per heavy atom. The molecule has 0 atom stereocenters. The summed E-state index contributed by atoms with van der Waals surface area (Å²) in [6.45, 7) is 0. The zero-order chi connectivity index (χ0) is 11.4. The molecule has 5 heteroatoms. The molecule has 0 N–H and O–H groups in total. The number of ketones is 1. The summed E-state index contributed by atoms with van der Waals surface area (Å²) in [6, 6.07) is 5.28. The number of methoxy groups -OCH3 is 1. The minimum atomic E-state index is -0.0609. The number of alkyl halides is 1. The normalized spacial score (nSPS) is 9.47. The fraction of sp³-hybridized carbons (Fsp3) is 0.200. The van der Waals surface area contributed by atoms with Gasteiger partial charge in [-0.05, 0) is 34.7 Å². The topological polar surface area (TPSA) is 50.1 Å². The highest BCUT2D eigenvalue weighted by molar-refractivity contribution is 14.1. The second-order valence-electron chi connectivity index (χ2n) is 2.68. The van der Waals surface area contributed by atoms with Crippen LogP contribution in [0.15, 0.2) is 12.1 Å². The maximum atomic E-state index is 11.5. The van der Waals surface area contributed by atoms with Gasteiger partial charge in [-0.1, -0.05) is 15.9 Å². The van der Waals surface area contributed by atoms with Crippen LogP contribution in [0.25, 0.3) is 0 Å². The Hall–Kier alpha value is -0.610. The van der Waals surface area contributed by atoms with Gasteiger partial charge in [0.2, 0.25) is 0 Å². The molecular weight excluding hydrogens is 373 g/mol. The van der Waals surface area contributed by atoms with Crippen LogP contribution in [0.3, 0.4) is 0 Å². The number of ether oxygens (including phenoxy) is 1. The van der Waals surface area contributed by atoms with Crippen molar-refractivity contribution in [2.24, 2.45) is 0 Å². The number of Topliss-reactive ketones (excluding diaryl/α,β-unsaturated/α-hetero) is 1. The maximum absolute atomic E-state index is 11.5. The summed E-state index contributed by atoms with van der Waals surface area (Å²) < 4.78 is 5.81. The number of carbonyl (C=O) groups is 1. The first kappa shape index (κ1) is 12.5. The molecule has 0 aromatic heterocycles. The summed E-state index contributed by atoms with van der Waals surface area (Å²) in [4.78, 5) is 11.5. The Labute approximate surface area is 110 Å². The third-order valence-corrected chi connectivity index (χ3v) is 3.42. The molecule has 0 spiro atoms. The number of nitriles is 1. The maximum Gasteiger partial charge on any atom is 0.177 e. The molecule has 1 aromatic carbocycles. The summed E-state index contributed by atoms with van der Waals surface area (Å²) in [6.07, 6.45) is 0. The van der Waals surface area contributed by atoms with Crippen LogP contribution >= 0.6 is 38.5 Å². The Morgan fingerprint density at radius 2 is 2.33 bits per heavy atom. The number of nitrogens with zero attached hydrogens (tertiary/aromatic N) is 1. The molecule has 0 aliphatic rings. The van der Waals surface area contributed by atoms with Crippen molar-refractivity contribution in [2.75, 3.05) is 12.4 Å². The van der Waals surface area contributed by atoms with Crippen molar-refractivity contribution >= 4 is 44.3 Å². The summed E-state index contributed by atoms with van der Waals surface area (Å²) in [5.41, 5.74) is 1.01. The van der Waals surface area contributed by atoms with Crippen molar-refractivity contribution in [3.8, 4) is 11.8 Å². The van der Waals surface area contributed by atoms with Gasteiger partial charge in [-0.25, -0.2) is 0 Å². The minimum absolute atomic E-state index is 0.0609. The van der Waals surface area contributed by atoms with E-state index < -0.39 is 0 Å². The molecule has 0 saturated carbocycles. The van der Waals surface area contributed by atoms with Gasteiger partial charge >= 0.3 is 0 Å². The number of rotatable bonds is 3. The highest BCUT2D eigenvalue weighted by Crippen LogP contribution is 2.29. The molecule has 1 rings (SSSR count). The van der Waals surface area contributed by atoms with E-state index in [4.69, 9.17) is 10.00 Å². The van der Waals surface area contributed by atoms with Crippen molar-refractivity contribution in [2.45, 2.75) is 0 Å². The molecule has 0 bridgehead atoms. The first-order valence-electron chi connectivity index (χ1n) is 4.01. The highest BCUT2D eigenvalue weighted by Gasteiger charge is 2.16. The van der Waals surface area contributed by atoms with Gasteiger partial charge < -0.3 is 4.74 Å². The van der Waals surface area contributed by atoms with Crippen molar-refractivity contribution < 1.29 is 9.53 Å². The Kier molecular flexibility index (Phi) is 4.54. The van der Waals surface area contributed by atoms with Crippen LogP contribution < -0.4 is 4.74 Å². The van der Waals surface area contributed by atoms with E-state index in [0.29, 0.717) is 20.4 Å². The van der Waals surface area contributed by atoms with Crippen molar-refractivity contribution in [1.82, 2.24) is 0 Å². The second-order valence-corrected chi connectivity index (χ2v) is 4.32. The van der Waals surface area contributed by atoms with Crippen LogP contribution in [-0.2, 0) is 0 Å². The van der Waals surface area contributed by atoms with Gasteiger partial charge in [-0.3, -0.25) is 4.79 Å². The summed E-state index contributed by atoms with van der Waals surface area (Å²) >= 11 is 5.10. The molecule has 0 fully saturated rings. The van der Waals surface area contributed by atoms with E-state index in [1.807, 2.05) is 28.7 Å². The van der Waals surface area contributed by atoms with Crippen LogP contribution in [0.5, 0.6) is 5.75 Å². The average molecular weight is 380 g/mol. The van der Waals surface area contributed by atoms with E-state index >= 15 is 0 Å². The zero-order valence-corrected chi connectivity index (χ0v) is 11.6. The molecule has 0 aliphatic heterocycles. The smallest absolute Gasteiger partial charge is 0.177 e. The van der Waals surface area contributed by atoms with Gasteiger partial charge in [-0.15, -0.1) is 0 Å². The first-order valence-corrected chi connectivity index (χ1v) is 6.21. The zero-order valence-electron chi connectivity index (χ0n) is 7.88. The largest absolute Gasteiger partial charge is 0.495 e. The molecule has 15 heavy (non-hydrogen) atoms. The lowest BCUT2D eigenvalue weighted by molar-refractivity contribution is 0.102. The molecule has 0 unspecified atom stereocenters. The van der Waals surface area contributed by atoms with Gasteiger partial charge in [0.1, 0.15) is 11.8 Å². The summed E-state index contributed by atoms with van der Waals surface area (Å²) in [5, 5.41) is 9.06. The Bertz CT molecular complexity index is 440. The summed E-state index contributed by atoms with van der Waals surface area (Å²) in [7, 11) is 1.49. The summed E-state index contributed by atoms with van der Waals surface area (Å²) in [5.74, 6) is 0.411. The van der Waals surface area contributed by atoms with Gasteiger partial charge in [0.15, 0.2) is 5.78 Å². The van der Waals surface area contributed by atoms with Crippen LogP contribution in [-0.4, -0.2) is 18.2 Å². The molecule has 0 radical (unpaired) electrons. The van der Waals surface area contributed by atoms with E-state index in [2.05, 4.69) is 15.9 Å². The van der Waals surface area contributed by atoms with Gasteiger partial charge in [0.25, 0.3) is 0 Å². The fourth-order valence-corrected chi connectivity index (χ4v) is 2.25. The SMILES string of the molecule is COc1c(C(=O)CBr)ccc(C#N)c1I. The van der Waals surface area contributed by atoms with Crippen LogP contribution in [0, 0.1) is 14.9 Å². The van der Waals surface area contributed by atoms with Crippen LogP contribution in [0.2, 0.25) is 0 Å². The lowest BCUT2D eigenvalue weighted by Gasteiger charge is -2.09. The van der Waals surface area contributed by atoms with Gasteiger partial charge in [-0.2, -0.15) is 5.26 Å². The van der Waals surface area contributed by atoms with Crippen molar-refractivity contribution in [3.05, 3.63) is 26.8 Å². The standard InChI is InChI=1S/C10H7BrINO2/c1-15-10-7(8(14)4-11)3-2-6(5-13)9(10)12/h2-3H,4H2,1H3. The predicted octanol–water partition coefficient (Wildman–Crippen LogP) is 2.75. The van der Waals surface area contributed by atoms with E-state index in [0.717, 1.165) is 0 Å². The Balaban J connectivity index is 3.39. The molecule has 0 heterocycles. The third-order valence-electron chi connectivity index (χ3n) is 1.84. The quantitative estimate of drug-likeness (QED) is 0.461. The number of benzene rings is 1. The van der Waals surface area contributed by atoms with E-state index in [1.54, 1.807) is 12.1 Å². The number of halogens is 2. The predicted molar refractivity (Wildman–Crippen MR) is 68.6 cm³/mol. The van der Waals surface area contributed by atoms with Crippen LogP contribution in [0.4, 0.5) is 0 Å². The lowest BCUT2D eigenvalue weighted by Crippen LogP contribution is -2.05. The average Bonchev–Trinajstić information content (AvgIpc) is 2.27. The molecule has 0 amide bonds. The monoisotopic (exact) mass is 379 g/mol. The third kappa shape index (κ3) is 2.49. The Morgan fingerprint density at radius 3 is 2.80 bits per heavy atom. The molecular formula is C10H7BrINO2. The van der Waals surface area contributed by atoms with Gasteiger partial charge in [0, 0.05) is 0 Å². The van der Waals surface area contributed by atoms with E-state index in [-0.39, 0.29) is 11.1 Å². The number of hydrogen-bond donors (Lipinski definition) is 0. The molecule has 78 valence electrons. The van der Waals surface area contributed by atoms with E-state index in [1.165, 1.54) is 7.11 Å². The first-order chi connectivity index (χ1) is 7.15. The molecule has 0 aliphatic carbocycles. The minimum Gasteiger partial charge on any atom is -0.495 e. The number of carbonyl (C=O) groups excluding carboxylic acids is 1.